The van der Waals surface area contributed by atoms with Crippen LogP contribution in [0.4, 0.5) is 0 Å². The van der Waals surface area contributed by atoms with E-state index < -0.39 is 0 Å². The molecular formula is C24H36. The van der Waals surface area contributed by atoms with E-state index in [0.717, 1.165) is 11.5 Å². The summed E-state index contributed by atoms with van der Waals surface area (Å²) in [6, 6.07) is 4.83. The molecule has 0 radical (unpaired) electrons. The normalized spacial score (nSPS) is 20.0. The minimum absolute atomic E-state index is 0.332. The molecule has 0 saturated carbocycles. The minimum Gasteiger partial charge on any atom is -0.0961 e. The Kier molecular flexibility index (Phi) is 5.47. The fourth-order valence-corrected chi connectivity index (χ4v) is 4.30. The quantitative estimate of drug-likeness (QED) is 0.504. The molecule has 1 aromatic rings. The van der Waals surface area contributed by atoms with Crippen LogP contribution >= 0.6 is 0 Å². The second kappa shape index (κ2) is 6.90. The Morgan fingerprint density at radius 1 is 1.04 bits per heavy atom. The van der Waals surface area contributed by atoms with Gasteiger partial charge in [0.05, 0.1) is 0 Å². The van der Waals surface area contributed by atoms with E-state index in [2.05, 4.69) is 72.4 Å². The molecule has 0 heteroatoms. The molecule has 0 atom stereocenters. The fourth-order valence-electron chi connectivity index (χ4n) is 4.30. The maximum absolute atomic E-state index is 3.96. The van der Waals surface area contributed by atoms with Crippen molar-refractivity contribution in [3.8, 4) is 0 Å². The molecule has 0 unspecified atom stereocenters. The third kappa shape index (κ3) is 3.68. The molecule has 132 valence electrons. The van der Waals surface area contributed by atoms with Gasteiger partial charge in [0.15, 0.2) is 0 Å². The summed E-state index contributed by atoms with van der Waals surface area (Å²) < 4.78 is 0. The highest BCUT2D eigenvalue weighted by Crippen LogP contribution is 2.58. The Morgan fingerprint density at radius 3 is 1.88 bits per heavy atom. The first-order chi connectivity index (χ1) is 11.1. The third-order valence-corrected chi connectivity index (χ3v) is 5.64. The molecule has 3 rings (SSSR count). The maximum Gasteiger partial charge on any atom is -0.00946 e. The van der Waals surface area contributed by atoms with Gasteiger partial charge in [-0.3, -0.25) is 0 Å². The number of rotatable bonds is 3. The molecule has 0 bridgehead atoms. The molecule has 0 aliphatic heterocycles. The van der Waals surface area contributed by atoms with Gasteiger partial charge in [0.25, 0.3) is 0 Å². The van der Waals surface area contributed by atoms with Gasteiger partial charge in [0.1, 0.15) is 0 Å². The predicted molar refractivity (Wildman–Crippen MR) is 109 cm³/mol. The van der Waals surface area contributed by atoms with Crippen LogP contribution in [-0.4, -0.2) is 0 Å². The minimum atomic E-state index is 0.332. The average Bonchev–Trinajstić information content (AvgIpc) is 2.89. The molecule has 0 nitrogen and oxygen atoms in total. The molecule has 0 heterocycles. The van der Waals surface area contributed by atoms with Gasteiger partial charge in [0, 0.05) is 0 Å². The first-order valence-corrected chi connectivity index (χ1v) is 9.65. The molecule has 0 aromatic heterocycles. The van der Waals surface area contributed by atoms with Crippen molar-refractivity contribution in [2.24, 2.45) is 0 Å². The summed E-state index contributed by atoms with van der Waals surface area (Å²) in [5, 5.41) is 0. The van der Waals surface area contributed by atoms with Gasteiger partial charge in [-0.2, -0.15) is 0 Å². The third-order valence-electron chi connectivity index (χ3n) is 5.64. The first-order valence-electron chi connectivity index (χ1n) is 9.65. The van der Waals surface area contributed by atoms with Crippen LogP contribution in [0.25, 0.3) is 6.08 Å². The molecule has 2 aliphatic carbocycles. The highest BCUT2D eigenvalue weighted by atomic mass is 14.5. The standard InChI is InChI=1S/C20H26.C4H10/c1-13(2)7-8-14-9-16-18-15(11-19(16,3)4)12-20(5,6)17(18)10-14;1-3-4-2/h7-10,15H,1,11-12H2,2-6H3;3-4H2,1-2H3/b8-7+;. The zero-order valence-corrected chi connectivity index (χ0v) is 16.9. The van der Waals surface area contributed by atoms with Crippen LogP contribution in [0.1, 0.15) is 102 Å². The largest absolute Gasteiger partial charge is 0.0961 e. The van der Waals surface area contributed by atoms with Gasteiger partial charge in [-0.15, -0.1) is 0 Å². The molecule has 0 fully saturated rings. The lowest BCUT2D eigenvalue weighted by molar-refractivity contribution is 0.409. The van der Waals surface area contributed by atoms with Gasteiger partial charge < -0.3 is 0 Å². The summed E-state index contributed by atoms with van der Waals surface area (Å²) in [5.74, 6) is 0.782. The molecule has 24 heavy (non-hydrogen) atoms. The summed E-state index contributed by atoms with van der Waals surface area (Å²) >= 11 is 0. The van der Waals surface area contributed by atoms with Crippen molar-refractivity contribution >= 4 is 6.08 Å². The van der Waals surface area contributed by atoms with Gasteiger partial charge in [-0.05, 0) is 58.8 Å². The number of hydrogen-bond acceptors (Lipinski definition) is 0. The highest BCUT2D eigenvalue weighted by molar-refractivity contribution is 5.62. The van der Waals surface area contributed by atoms with E-state index in [1.165, 1.54) is 31.2 Å². The molecule has 0 saturated heterocycles. The van der Waals surface area contributed by atoms with E-state index in [1.807, 2.05) is 6.92 Å². The van der Waals surface area contributed by atoms with Gasteiger partial charge >= 0.3 is 0 Å². The smallest absolute Gasteiger partial charge is 0.00946 e. The molecule has 2 aliphatic rings. The van der Waals surface area contributed by atoms with Gasteiger partial charge in [-0.1, -0.05) is 90.8 Å². The highest BCUT2D eigenvalue weighted by Gasteiger charge is 2.47. The molecule has 1 aromatic carbocycles. The lowest BCUT2D eigenvalue weighted by Gasteiger charge is -2.27. The Balaban J connectivity index is 0.000000471. The van der Waals surface area contributed by atoms with E-state index in [0.29, 0.717) is 10.8 Å². The summed E-state index contributed by atoms with van der Waals surface area (Å²) in [4.78, 5) is 0. The average molecular weight is 325 g/mol. The Labute approximate surface area is 150 Å². The zero-order valence-electron chi connectivity index (χ0n) is 16.9. The second-order valence-corrected chi connectivity index (χ2v) is 9.08. The van der Waals surface area contributed by atoms with Crippen molar-refractivity contribution in [1.82, 2.24) is 0 Å². The summed E-state index contributed by atoms with van der Waals surface area (Å²) in [6.45, 7) is 20.0. The number of unbranched alkanes of at least 4 members (excludes halogenated alkanes) is 1. The zero-order chi connectivity index (χ0) is 18.1. The summed E-state index contributed by atoms with van der Waals surface area (Å²) in [6.07, 6.45) is 9.60. The number of allylic oxidation sites excluding steroid dienone is 2. The van der Waals surface area contributed by atoms with Crippen LogP contribution in [0.5, 0.6) is 0 Å². The fraction of sp³-hybridized carbons (Fsp3) is 0.583. The van der Waals surface area contributed by atoms with Crippen molar-refractivity contribution in [2.75, 3.05) is 0 Å². The van der Waals surface area contributed by atoms with Crippen LogP contribution in [0.3, 0.4) is 0 Å². The van der Waals surface area contributed by atoms with Crippen molar-refractivity contribution in [2.45, 2.75) is 90.9 Å². The summed E-state index contributed by atoms with van der Waals surface area (Å²) in [7, 11) is 0. The van der Waals surface area contributed by atoms with E-state index in [1.54, 1.807) is 16.7 Å². The lowest BCUT2D eigenvalue weighted by atomic mass is 9.77. The Morgan fingerprint density at radius 2 is 1.50 bits per heavy atom. The lowest BCUT2D eigenvalue weighted by Crippen LogP contribution is -2.19. The first kappa shape index (κ1) is 19.0. The van der Waals surface area contributed by atoms with Crippen LogP contribution in [-0.2, 0) is 10.8 Å². The topological polar surface area (TPSA) is 0 Å². The van der Waals surface area contributed by atoms with Crippen LogP contribution in [0, 0.1) is 0 Å². The Hall–Kier alpha value is -1.30. The Bertz CT molecular complexity index is 599. The molecule has 0 amide bonds. The van der Waals surface area contributed by atoms with Gasteiger partial charge in [-0.25, -0.2) is 0 Å². The summed E-state index contributed by atoms with van der Waals surface area (Å²) in [5.41, 5.74) is 7.96. The monoisotopic (exact) mass is 324 g/mol. The molecular weight excluding hydrogens is 288 g/mol. The number of hydrogen-bond donors (Lipinski definition) is 0. The SMILES string of the molecule is C=C(C)/C=C/c1cc2c3c(c1)C(C)(C)CC3CC2(C)C.CCCC. The molecule has 0 N–H and O–H groups in total. The van der Waals surface area contributed by atoms with Crippen LogP contribution < -0.4 is 0 Å². The van der Waals surface area contributed by atoms with E-state index in [4.69, 9.17) is 0 Å². The van der Waals surface area contributed by atoms with E-state index in [-0.39, 0.29) is 0 Å². The van der Waals surface area contributed by atoms with Gasteiger partial charge in [0.2, 0.25) is 0 Å². The van der Waals surface area contributed by atoms with Crippen molar-refractivity contribution < 1.29 is 0 Å². The predicted octanol–water partition coefficient (Wildman–Crippen LogP) is 7.53. The number of benzene rings is 1. The van der Waals surface area contributed by atoms with Crippen molar-refractivity contribution in [3.63, 3.8) is 0 Å². The van der Waals surface area contributed by atoms with E-state index in [9.17, 15) is 0 Å². The molecule has 0 spiro atoms. The van der Waals surface area contributed by atoms with E-state index >= 15 is 0 Å². The van der Waals surface area contributed by atoms with Crippen molar-refractivity contribution in [1.29, 1.82) is 0 Å². The maximum atomic E-state index is 3.96. The van der Waals surface area contributed by atoms with Crippen LogP contribution in [0.15, 0.2) is 30.4 Å². The second-order valence-electron chi connectivity index (χ2n) is 9.08. The van der Waals surface area contributed by atoms with Crippen molar-refractivity contribution in [3.05, 3.63) is 52.6 Å². The van der Waals surface area contributed by atoms with Crippen LogP contribution in [0.2, 0.25) is 0 Å².